The number of rotatable bonds is 5. The lowest BCUT2D eigenvalue weighted by atomic mass is 9.96. The van der Waals surface area contributed by atoms with Crippen LogP contribution in [0.15, 0.2) is 18.2 Å². The molecule has 0 bridgehead atoms. The van der Waals surface area contributed by atoms with Gasteiger partial charge in [0.1, 0.15) is 0 Å². The monoisotopic (exact) mass is 260 g/mol. The maximum absolute atomic E-state index is 3.33. The topological polar surface area (TPSA) is 15.3 Å². The molecule has 2 heteroatoms. The zero-order valence-electron chi connectivity index (χ0n) is 12.9. The summed E-state index contributed by atoms with van der Waals surface area (Å²) >= 11 is 0. The first-order valence-corrected chi connectivity index (χ1v) is 7.67. The normalized spacial score (nSPS) is 16.6. The van der Waals surface area contributed by atoms with Gasteiger partial charge in [0.05, 0.1) is 0 Å². The van der Waals surface area contributed by atoms with Crippen LogP contribution in [0.2, 0.25) is 0 Å². The van der Waals surface area contributed by atoms with E-state index < -0.39 is 0 Å². The third-order valence-corrected chi connectivity index (χ3v) is 4.23. The Morgan fingerprint density at radius 3 is 2.74 bits per heavy atom. The lowest BCUT2D eigenvalue weighted by molar-refractivity contribution is 0.559. The second kappa shape index (κ2) is 6.42. The molecule has 1 aromatic rings. The van der Waals surface area contributed by atoms with Crippen molar-refractivity contribution in [3.8, 4) is 0 Å². The van der Waals surface area contributed by atoms with Crippen LogP contribution in [0.1, 0.15) is 50.8 Å². The first-order chi connectivity index (χ1) is 9.11. The highest BCUT2D eigenvalue weighted by Gasteiger charge is 2.17. The standard InChI is InChI=1S/C17H28N2/c1-13(2)9-11-19-10-5-6-16-12-15(14(3)18-4)7-8-17(16)19/h7-8,12-14,18H,5-6,9-11H2,1-4H3. The summed E-state index contributed by atoms with van der Waals surface area (Å²) in [6.07, 6.45) is 3.81. The van der Waals surface area contributed by atoms with Gasteiger partial charge in [0.15, 0.2) is 0 Å². The van der Waals surface area contributed by atoms with Crippen LogP contribution in [-0.4, -0.2) is 20.1 Å². The number of nitrogens with one attached hydrogen (secondary N) is 1. The van der Waals surface area contributed by atoms with Crippen LogP contribution in [0.3, 0.4) is 0 Å². The number of aryl methyl sites for hydroxylation is 1. The lowest BCUT2D eigenvalue weighted by Crippen LogP contribution is -2.31. The smallest absolute Gasteiger partial charge is 0.0398 e. The summed E-state index contributed by atoms with van der Waals surface area (Å²) in [6, 6.07) is 7.46. The Balaban J connectivity index is 2.16. The molecule has 1 aliphatic heterocycles. The highest BCUT2D eigenvalue weighted by atomic mass is 15.1. The van der Waals surface area contributed by atoms with Crippen molar-refractivity contribution in [2.24, 2.45) is 5.92 Å². The molecule has 0 aliphatic carbocycles. The quantitative estimate of drug-likeness (QED) is 0.867. The predicted molar refractivity (Wildman–Crippen MR) is 83.9 cm³/mol. The fourth-order valence-electron chi connectivity index (χ4n) is 2.78. The molecule has 0 amide bonds. The van der Waals surface area contributed by atoms with Crippen LogP contribution < -0.4 is 10.2 Å². The summed E-state index contributed by atoms with van der Waals surface area (Å²) in [7, 11) is 2.03. The van der Waals surface area contributed by atoms with Gasteiger partial charge < -0.3 is 10.2 Å². The first-order valence-electron chi connectivity index (χ1n) is 7.67. The number of benzene rings is 1. The molecule has 1 N–H and O–H groups in total. The van der Waals surface area contributed by atoms with Crippen molar-refractivity contribution >= 4 is 5.69 Å². The van der Waals surface area contributed by atoms with E-state index in [9.17, 15) is 0 Å². The Kier molecular flexibility index (Phi) is 4.87. The molecule has 0 saturated carbocycles. The number of hydrogen-bond acceptors (Lipinski definition) is 2. The van der Waals surface area contributed by atoms with Crippen LogP contribution in [0.5, 0.6) is 0 Å². The minimum absolute atomic E-state index is 0.441. The van der Waals surface area contributed by atoms with Gasteiger partial charge in [-0.15, -0.1) is 0 Å². The lowest BCUT2D eigenvalue weighted by Gasteiger charge is -2.32. The fourth-order valence-corrected chi connectivity index (χ4v) is 2.78. The minimum Gasteiger partial charge on any atom is -0.371 e. The zero-order chi connectivity index (χ0) is 13.8. The van der Waals surface area contributed by atoms with Crippen LogP contribution >= 0.6 is 0 Å². The largest absolute Gasteiger partial charge is 0.371 e. The predicted octanol–water partition coefficient (Wildman–Crippen LogP) is 3.77. The molecule has 1 heterocycles. The molecule has 0 spiro atoms. The van der Waals surface area contributed by atoms with E-state index in [0.29, 0.717) is 6.04 Å². The van der Waals surface area contributed by atoms with Crippen LogP contribution in [0, 0.1) is 5.92 Å². The van der Waals surface area contributed by atoms with E-state index in [2.05, 4.69) is 49.2 Å². The van der Waals surface area contributed by atoms with Gasteiger partial charge in [-0.25, -0.2) is 0 Å². The molecular formula is C17H28N2. The van der Waals surface area contributed by atoms with Crippen molar-refractivity contribution < 1.29 is 0 Å². The van der Waals surface area contributed by atoms with E-state index in [4.69, 9.17) is 0 Å². The molecule has 1 aliphatic rings. The van der Waals surface area contributed by atoms with E-state index in [0.717, 1.165) is 5.92 Å². The number of hydrogen-bond donors (Lipinski definition) is 1. The third-order valence-electron chi connectivity index (χ3n) is 4.23. The minimum atomic E-state index is 0.441. The maximum atomic E-state index is 3.33. The van der Waals surface area contributed by atoms with Gasteiger partial charge >= 0.3 is 0 Å². The van der Waals surface area contributed by atoms with E-state index in [-0.39, 0.29) is 0 Å². The molecule has 2 rings (SSSR count). The molecule has 0 aromatic heterocycles. The highest BCUT2D eigenvalue weighted by molar-refractivity contribution is 5.57. The van der Waals surface area contributed by atoms with Gasteiger partial charge in [0.2, 0.25) is 0 Å². The fraction of sp³-hybridized carbons (Fsp3) is 0.647. The van der Waals surface area contributed by atoms with Crippen LogP contribution in [0.25, 0.3) is 0 Å². The average Bonchev–Trinajstić information content (AvgIpc) is 2.43. The summed E-state index contributed by atoms with van der Waals surface area (Å²) in [4.78, 5) is 2.58. The SMILES string of the molecule is CNC(C)c1ccc2c(c1)CCCN2CCC(C)C. The van der Waals surface area contributed by atoms with Gasteiger partial charge in [0.25, 0.3) is 0 Å². The van der Waals surface area contributed by atoms with E-state index in [1.54, 1.807) is 0 Å². The second-order valence-electron chi connectivity index (χ2n) is 6.17. The van der Waals surface area contributed by atoms with E-state index in [1.807, 2.05) is 7.05 Å². The van der Waals surface area contributed by atoms with Gasteiger partial charge in [-0.2, -0.15) is 0 Å². The number of nitrogens with zero attached hydrogens (tertiary/aromatic N) is 1. The highest BCUT2D eigenvalue weighted by Crippen LogP contribution is 2.30. The summed E-state index contributed by atoms with van der Waals surface area (Å²) in [5.41, 5.74) is 4.42. The molecule has 19 heavy (non-hydrogen) atoms. The first kappa shape index (κ1) is 14.4. The molecule has 1 atom stereocenters. The Morgan fingerprint density at radius 1 is 1.26 bits per heavy atom. The van der Waals surface area contributed by atoms with Gasteiger partial charge in [0, 0.05) is 24.8 Å². The Morgan fingerprint density at radius 2 is 2.05 bits per heavy atom. The Bertz CT molecular complexity index is 412. The Labute approximate surface area is 118 Å². The zero-order valence-corrected chi connectivity index (χ0v) is 12.9. The molecule has 106 valence electrons. The van der Waals surface area contributed by atoms with Crippen molar-refractivity contribution in [1.82, 2.24) is 5.32 Å². The molecule has 0 radical (unpaired) electrons. The average molecular weight is 260 g/mol. The van der Waals surface area contributed by atoms with Crippen molar-refractivity contribution in [2.75, 3.05) is 25.0 Å². The van der Waals surface area contributed by atoms with Crippen LogP contribution in [0.4, 0.5) is 5.69 Å². The van der Waals surface area contributed by atoms with Crippen molar-refractivity contribution in [3.63, 3.8) is 0 Å². The van der Waals surface area contributed by atoms with E-state index in [1.165, 1.54) is 49.2 Å². The summed E-state index contributed by atoms with van der Waals surface area (Å²) in [6.45, 7) is 9.26. The van der Waals surface area contributed by atoms with Gasteiger partial charge in [-0.1, -0.05) is 26.0 Å². The maximum Gasteiger partial charge on any atom is 0.0398 e. The van der Waals surface area contributed by atoms with Crippen molar-refractivity contribution in [1.29, 1.82) is 0 Å². The molecule has 2 nitrogen and oxygen atoms in total. The number of anilines is 1. The van der Waals surface area contributed by atoms with Gasteiger partial charge in [-0.3, -0.25) is 0 Å². The molecule has 0 fully saturated rings. The molecule has 0 saturated heterocycles. The van der Waals surface area contributed by atoms with Crippen molar-refractivity contribution in [2.45, 2.75) is 46.1 Å². The van der Waals surface area contributed by atoms with Gasteiger partial charge in [-0.05, 0) is 56.3 Å². The molecule has 1 aromatic carbocycles. The summed E-state index contributed by atoms with van der Waals surface area (Å²) in [5, 5.41) is 3.33. The third kappa shape index (κ3) is 3.50. The Hall–Kier alpha value is -1.02. The number of fused-ring (bicyclic) bond motifs is 1. The second-order valence-corrected chi connectivity index (χ2v) is 6.17. The molecule has 1 unspecified atom stereocenters. The van der Waals surface area contributed by atoms with Crippen LogP contribution in [-0.2, 0) is 6.42 Å². The summed E-state index contributed by atoms with van der Waals surface area (Å²) in [5.74, 6) is 0.786. The van der Waals surface area contributed by atoms with Crippen molar-refractivity contribution in [3.05, 3.63) is 29.3 Å². The van der Waals surface area contributed by atoms with E-state index >= 15 is 0 Å². The summed E-state index contributed by atoms with van der Waals surface area (Å²) < 4.78 is 0. The molecular weight excluding hydrogens is 232 g/mol.